The van der Waals surface area contributed by atoms with Crippen molar-refractivity contribution in [1.29, 1.82) is 0 Å². The third kappa shape index (κ3) is 0.987. The topological polar surface area (TPSA) is 48.9 Å². The number of pyridine rings is 1. The third-order valence-electron chi connectivity index (χ3n) is 1.98. The van der Waals surface area contributed by atoms with Crippen LogP contribution in [0.1, 0.15) is 11.1 Å². The molecular formula is C9H10N2O. The van der Waals surface area contributed by atoms with Gasteiger partial charge < -0.3 is 10.1 Å². The van der Waals surface area contributed by atoms with E-state index in [0.29, 0.717) is 0 Å². The molecule has 0 aliphatic heterocycles. The summed E-state index contributed by atoms with van der Waals surface area (Å²) in [5.41, 5.74) is 2.89. The second-order valence-electron chi connectivity index (χ2n) is 2.87. The Morgan fingerprint density at radius 2 is 2.42 bits per heavy atom. The molecule has 3 heteroatoms. The zero-order valence-corrected chi connectivity index (χ0v) is 6.83. The van der Waals surface area contributed by atoms with E-state index in [1.54, 1.807) is 6.20 Å². The number of nitrogens with one attached hydrogen (secondary N) is 1. The fourth-order valence-corrected chi connectivity index (χ4v) is 1.26. The Morgan fingerprint density at radius 1 is 1.58 bits per heavy atom. The SMILES string of the molecule is Cc1c[nH]c2ncc(CO)cc12. The molecule has 0 atom stereocenters. The molecule has 3 nitrogen and oxygen atoms in total. The average molecular weight is 162 g/mol. The Morgan fingerprint density at radius 3 is 3.17 bits per heavy atom. The molecule has 2 heterocycles. The highest BCUT2D eigenvalue weighted by Crippen LogP contribution is 2.16. The number of aromatic nitrogens is 2. The predicted molar refractivity (Wildman–Crippen MR) is 46.8 cm³/mol. The van der Waals surface area contributed by atoms with Crippen LogP contribution in [0.25, 0.3) is 11.0 Å². The van der Waals surface area contributed by atoms with Crippen LogP contribution in [0.15, 0.2) is 18.5 Å². The van der Waals surface area contributed by atoms with Crippen molar-refractivity contribution in [1.82, 2.24) is 9.97 Å². The molecule has 0 radical (unpaired) electrons. The number of aromatic amines is 1. The Kier molecular flexibility index (Phi) is 1.59. The fourth-order valence-electron chi connectivity index (χ4n) is 1.26. The van der Waals surface area contributed by atoms with Crippen molar-refractivity contribution in [2.75, 3.05) is 0 Å². The number of hydrogen-bond acceptors (Lipinski definition) is 2. The van der Waals surface area contributed by atoms with Gasteiger partial charge in [-0.25, -0.2) is 4.98 Å². The highest BCUT2D eigenvalue weighted by atomic mass is 16.3. The molecule has 2 aromatic rings. The van der Waals surface area contributed by atoms with Crippen molar-refractivity contribution >= 4 is 11.0 Å². The molecule has 0 saturated heterocycles. The molecular weight excluding hydrogens is 152 g/mol. The van der Waals surface area contributed by atoms with E-state index >= 15 is 0 Å². The summed E-state index contributed by atoms with van der Waals surface area (Å²) in [6, 6.07) is 1.95. The largest absolute Gasteiger partial charge is 0.392 e. The lowest BCUT2D eigenvalue weighted by Crippen LogP contribution is -1.85. The zero-order valence-electron chi connectivity index (χ0n) is 6.83. The predicted octanol–water partition coefficient (Wildman–Crippen LogP) is 1.36. The number of rotatable bonds is 1. The Hall–Kier alpha value is -1.35. The lowest BCUT2D eigenvalue weighted by Gasteiger charge is -1.95. The first-order valence-corrected chi connectivity index (χ1v) is 3.84. The van der Waals surface area contributed by atoms with Gasteiger partial charge in [-0.2, -0.15) is 0 Å². The van der Waals surface area contributed by atoms with Crippen LogP contribution in [0, 0.1) is 6.92 Å². The van der Waals surface area contributed by atoms with Gasteiger partial charge in [-0.1, -0.05) is 0 Å². The van der Waals surface area contributed by atoms with Crippen molar-refractivity contribution in [3.8, 4) is 0 Å². The van der Waals surface area contributed by atoms with Gasteiger partial charge in [0.2, 0.25) is 0 Å². The summed E-state index contributed by atoms with van der Waals surface area (Å²) in [7, 11) is 0. The molecule has 0 saturated carbocycles. The first kappa shape index (κ1) is 7.31. The molecule has 0 unspecified atom stereocenters. The summed E-state index contributed by atoms with van der Waals surface area (Å²) in [5, 5.41) is 9.96. The minimum absolute atomic E-state index is 0.0492. The van der Waals surface area contributed by atoms with Gasteiger partial charge in [0.1, 0.15) is 5.65 Å². The van der Waals surface area contributed by atoms with E-state index < -0.39 is 0 Å². The van der Waals surface area contributed by atoms with Crippen LogP contribution in [-0.4, -0.2) is 15.1 Å². The first-order valence-electron chi connectivity index (χ1n) is 3.84. The Bertz CT molecular complexity index is 406. The van der Waals surface area contributed by atoms with Crippen LogP contribution in [0.5, 0.6) is 0 Å². The van der Waals surface area contributed by atoms with Crippen molar-refractivity contribution in [2.24, 2.45) is 0 Å². The van der Waals surface area contributed by atoms with E-state index in [1.165, 1.54) is 0 Å². The lowest BCUT2D eigenvalue weighted by molar-refractivity contribution is 0.281. The molecule has 2 N–H and O–H groups in total. The maximum Gasteiger partial charge on any atom is 0.137 e. The molecule has 0 fully saturated rings. The van der Waals surface area contributed by atoms with Gasteiger partial charge in [0.15, 0.2) is 0 Å². The van der Waals surface area contributed by atoms with Crippen LogP contribution >= 0.6 is 0 Å². The van der Waals surface area contributed by atoms with E-state index in [4.69, 9.17) is 5.11 Å². The van der Waals surface area contributed by atoms with E-state index in [9.17, 15) is 0 Å². The average Bonchev–Trinajstić information content (AvgIpc) is 2.47. The molecule has 0 aliphatic rings. The van der Waals surface area contributed by atoms with Crippen LogP contribution in [0.3, 0.4) is 0 Å². The van der Waals surface area contributed by atoms with Crippen LogP contribution < -0.4 is 0 Å². The highest BCUT2D eigenvalue weighted by molar-refractivity contribution is 5.79. The van der Waals surface area contributed by atoms with Gasteiger partial charge in [-0.05, 0) is 24.1 Å². The summed E-state index contributed by atoms with van der Waals surface area (Å²) >= 11 is 0. The summed E-state index contributed by atoms with van der Waals surface area (Å²) in [6.07, 6.45) is 3.59. The van der Waals surface area contributed by atoms with Crippen molar-refractivity contribution < 1.29 is 5.11 Å². The fraction of sp³-hybridized carbons (Fsp3) is 0.222. The number of nitrogens with zero attached hydrogens (tertiary/aromatic N) is 1. The quantitative estimate of drug-likeness (QED) is 0.665. The normalized spacial score (nSPS) is 10.8. The number of hydrogen-bond donors (Lipinski definition) is 2. The van der Waals surface area contributed by atoms with Gasteiger partial charge in [-0.15, -0.1) is 0 Å². The summed E-state index contributed by atoms with van der Waals surface area (Å²) in [4.78, 5) is 7.20. The number of aliphatic hydroxyl groups excluding tert-OH is 1. The monoisotopic (exact) mass is 162 g/mol. The first-order chi connectivity index (χ1) is 5.81. The van der Waals surface area contributed by atoms with Crippen LogP contribution in [0.4, 0.5) is 0 Å². The Balaban J connectivity index is 2.71. The van der Waals surface area contributed by atoms with Crippen molar-refractivity contribution in [3.05, 3.63) is 29.6 Å². The lowest BCUT2D eigenvalue weighted by atomic mass is 10.2. The van der Waals surface area contributed by atoms with Crippen molar-refractivity contribution in [2.45, 2.75) is 13.5 Å². The number of aliphatic hydroxyl groups is 1. The maximum atomic E-state index is 8.88. The third-order valence-corrected chi connectivity index (χ3v) is 1.98. The maximum absolute atomic E-state index is 8.88. The van der Waals surface area contributed by atoms with Gasteiger partial charge in [0.05, 0.1) is 6.61 Å². The Labute approximate surface area is 70.1 Å². The van der Waals surface area contributed by atoms with Gasteiger partial charge in [-0.3, -0.25) is 0 Å². The molecule has 12 heavy (non-hydrogen) atoms. The van der Waals surface area contributed by atoms with Gasteiger partial charge in [0, 0.05) is 17.8 Å². The molecule has 2 rings (SSSR count). The van der Waals surface area contributed by atoms with Crippen LogP contribution in [-0.2, 0) is 6.61 Å². The molecule has 2 aromatic heterocycles. The van der Waals surface area contributed by atoms with Crippen molar-refractivity contribution in [3.63, 3.8) is 0 Å². The minimum Gasteiger partial charge on any atom is -0.392 e. The zero-order chi connectivity index (χ0) is 8.55. The van der Waals surface area contributed by atoms with E-state index in [-0.39, 0.29) is 6.61 Å². The smallest absolute Gasteiger partial charge is 0.137 e. The molecule has 0 aliphatic carbocycles. The van der Waals surface area contributed by atoms with E-state index in [0.717, 1.165) is 22.2 Å². The minimum atomic E-state index is 0.0492. The summed E-state index contributed by atoms with van der Waals surface area (Å²) in [6.45, 7) is 2.06. The summed E-state index contributed by atoms with van der Waals surface area (Å²) < 4.78 is 0. The summed E-state index contributed by atoms with van der Waals surface area (Å²) in [5.74, 6) is 0. The molecule has 0 spiro atoms. The van der Waals surface area contributed by atoms with E-state index in [2.05, 4.69) is 9.97 Å². The number of fused-ring (bicyclic) bond motifs is 1. The molecule has 0 aromatic carbocycles. The van der Waals surface area contributed by atoms with Gasteiger partial charge in [0.25, 0.3) is 0 Å². The molecule has 0 bridgehead atoms. The second kappa shape index (κ2) is 2.60. The van der Waals surface area contributed by atoms with Crippen LogP contribution in [0.2, 0.25) is 0 Å². The standard InChI is InChI=1S/C9H10N2O/c1-6-3-10-9-8(6)2-7(5-12)4-11-9/h2-4,12H,5H2,1H3,(H,10,11). The number of H-pyrrole nitrogens is 1. The molecule has 62 valence electrons. The molecule has 0 amide bonds. The highest BCUT2D eigenvalue weighted by Gasteiger charge is 2.00. The van der Waals surface area contributed by atoms with E-state index in [1.807, 2.05) is 19.2 Å². The number of aryl methyl sites for hydroxylation is 1. The van der Waals surface area contributed by atoms with Gasteiger partial charge >= 0.3 is 0 Å². The second-order valence-corrected chi connectivity index (χ2v) is 2.87.